The maximum atomic E-state index is 11.3. The minimum absolute atomic E-state index is 0.287. The Morgan fingerprint density at radius 3 is 2.93 bits per heavy atom. The monoisotopic (exact) mass is 390 g/mol. The zero-order chi connectivity index (χ0) is 20.0. The topological polar surface area (TPSA) is 102 Å². The summed E-state index contributed by atoms with van der Waals surface area (Å²) < 4.78 is 11.3. The Hall–Kier alpha value is -3.39. The van der Waals surface area contributed by atoms with Crippen molar-refractivity contribution in [3.05, 3.63) is 58.5 Å². The molecule has 1 aliphatic carbocycles. The van der Waals surface area contributed by atoms with Gasteiger partial charge in [0.05, 0.1) is 12.5 Å². The second-order valence-corrected chi connectivity index (χ2v) is 7.56. The van der Waals surface area contributed by atoms with E-state index in [2.05, 4.69) is 34.4 Å². The molecule has 1 aliphatic heterocycles. The number of rotatable bonds is 5. The number of allylic oxidation sites excluding steroid dienone is 4. The lowest BCUT2D eigenvalue weighted by molar-refractivity contribution is -0.127. The van der Waals surface area contributed by atoms with Crippen LogP contribution in [0.4, 0.5) is 0 Å². The van der Waals surface area contributed by atoms with E-state index < -0.39 is 5.91 Å². The molecule has 0 radical (unpaired) electrons. The molecule has 2 aromatic heterocycles. The van der Waals surface area contributed by atoms with Crippen LogP contribution in [-0.2, 0) is 11.3 Å². The average molecular weight is 390 g/mol. The van der Waals surface area contributed by atoms with Gasteiger partial charge in [0, 0.05) is 34.8 Å². The lowest BCUT2D eigenvalue weighted by Gasteiger charge is -2.35. The normalized spacial score (nSPS) is 17.3. The van der Waals surface area contributed by atoms with Gasteiger partial charge in [-0.05, 0) is 37.6 Å². The van der Waals surface area contributed by atoms with Crippen molar-refractivity contribution in [2.24, 2.45) is 11.1 Å². The van der Waals surface area contributed by atoms with Gasteiger partial charge in [-0.15, -0.1) is 4.91 Å². The first-order chi connectivity index (χ1) is 14.1. The molecule has 8 heteroatoms. The van der Waals surface area contributed by atoms with E-state index in [0.717, 1.165) is 34.3 Å². The molecule has 3 aromatic rings. The molecule has 0 saturated carbocycles. The van der Waals surface area contributed by atoms with Gasteiger partial charge in [0.25, 0.3) is 11.8 Å². The molecule has 0 N–H and O–H groups in total. The van der Waals surface area contributed by atoms with Gasteiger partial charge in [0.15, 0.2) is 0 Å². The highest BCUT2D eigenvalue weighted by Gasteiger charge is 2.33. The molecule has 1 aromatic carbocycles. The standard InChI is InChI=1S/C21H18N4O4/c1-12-2-3-14(6-12)21-22-19(24-29-21)13-4-5-18-15(7-13)8-17(28-18)11-25-9-16(10-25)20(26)23-27/h3-8,16H,2,9-11H2,1H3. The Morgan fingerprint density at radius 1 is 1.31 bits per heavy atom. The Kier molecular flexibility index (Phi) is 4.21. The third-order valence-corrected chi connectivity index (χ3v) is 5.32. The summed E-state index contributed by atoms with van der Waals surface area (Å²) >= 11 is 0. The van der Waals surface area contributed by atoms with Crippen molar-refractivity contribution in [3.8, 4) is 11.4 Å². The molecular weight excluding hydrogens is 372 g/mol. The third kappa shape index (κ3) is 3.31. The summed E-state index contributed by atoms with van der Waals surface area (Å²) in [5.41, 5.74) is 3.86. The number of fused-ring (bicyclic) bond motifs is 1. The molecule has 1 amide bonds. The molecule has 1 fully saturated rings. The zero-order valence-corrected chi connectivity index (χ0v) is 15.8. The molecule has 0 spiro atoms. The number of carbonyl (C=O) groups excluding carboxylic acids is 1. The molecule has 146 valence electrons. The van der Waals surface area contributed by atoms with E-state index in [1.165, 1.54) is 5.57 Å². The molecule has 2 aliphatic rings. The molecule has 8 nitrogen and oxygen atoms in total. The van der Waals surface area contributed by atoms with Gasteiger partial charge >= 0.3 is 0 Å². The van der Waals surface area contributed by atoms with E-state index in [-0.39, 0.29) is 5.92 Å². The highest BCUT2D eigenvalue weighted by Crippen LogP contribution is 2.30. The van der Waals surface area contributed by atoms with Gasteiger partial charge in [-0.25, -0.2) is 0 Å². The molecule has 5 rings (SSSR count). The number of furan rings is 1. The predicted molar refractivity (Wildman–Crippen MR) is 105 cm³/mol. The van der Waals surface area contributed by atoms with Gasteiger partial charge in [-0.1, -0.05) is 22.9 Å². The van der Waals surface area contributed by atoms with Crippen molar-refractivity contribution in [3.63, 3.8) is 0 Å². The van der Waals surface area contributed by atoms with E-state index in [1.807, 2.05) is 29.2 Å². The van der Waals surface area contributed by atoms with Gasteiger partial charge in [-0.2, -0.15) is 4.98 Å². The maximum absolute atomic E-state index is 11.3. The van der Waals surface area contributed by atoms with Crippen LogP contribution in [0.3, 0.4) is 0 Å². The minimum atomic E-state index is -0.575. The maximum Gasteiger partial charge on any atom is 0.291 e. The van der Waals surface area contributed by atoms with Crippen LogP contribution >= 0.6 is 0 Å². The number of hydrogen-bond acceptors (Lipinski definition) is 7. The smallest absolute Gasteiger partial charge is 0.291 e. The first kappa shape index (κ1) is 17.7. The van der Waals surface area contributed by atoms with Gasteiger partial charge in [0.2, 0.25) is 5.82 Å². The summed E-state index contributed by atoms with van der Waals surface area (Å²) in [6.07, 6.45) is 5.05. The van der Waals surface area contributed by atoms with Crippen molar-refractivity contribution in [1.82, 2.24) is 15.0 Å². The number of nitrogens with zero attached hydrogens (tertiary/aromatic N) is 4. The molecule has 0 unspecified atom stereocenters. The van der Waals surface area contributed by atoms with Crippen molar-refractivity contribution in [2.45, 2.75) is 19.9 Å². The number of benzene rings is 1. The lowest BCUT2D eigenvalue weighted by Crippen LogP contribution is -2.49. The van der Waals surface area contributed by atoms with Crippen LogP contribution in [-0.4, -0.2) is 34.0 Å². The van der Waals surface area contributed by atoms with Crippen molar-refractivity contribution >= 4 is 22.4 Å². The zero-order valence-electron chi connectivity index (χ0n) is 15.8. The predicted octanol–water partition coefficient (Wildman–Crippen LogP) is 3.94. The van der Waals surface area contributed by atoms with Crippen LogP contribution in [0.1, 0.15) is 25.0 Å². The molecule has 0 bridgehead atoms. The first-order valence-electron chi connectivity index (χ1n) is 9.43. The number of nitroso groups, excluding NO2 is 1. The second-order valence-electron chi connectivity index (χ2n) is 7.56. The SMILES string of the molecule is CC1=CC(c2nc(-c3ccc4oc(CN5CC(C(=O)N=O)C5)cc4c3)no2)=CC1. The van der Waals surface area contributed by atoms with Crippen LogP contribution in [0.5, 0.6) is 0 Å². The van der Waals surface area contributed by atoms with E-state index in [1.54, 1.807) is 0 Å². The van der Waals surface area contributed by atoms with Gasteiger partial charge in [-0.3, -0.25) is 9.69 Å². The summed E-state index contributed by atoms with van der Waals surface area (Å²) in [6, 6.07) is 7.74. The highest BCUT2D eigenvalue weighted by molar-refractivity contribution is 5.83. The number of amides is 1. The van der Waals surface area contributed by atoms with E-state index >= 15 is 0 Å². The highest BCUT2D eigenvalue weighted by atomic mass is 16.5. The van der Waals surface area contributed by atoms with Crippen LogP contribution in [0.2, 0.25) is 0 Å². The quantitative estimate of drug-likeness (QED) is 0.608. The van der Waals surface area contributed by atoms with Crippen LogP contribution in [0, 0.1) is 10.8 Å². The van der Waals surface area contributed by atoms with Crippen LogP contribution in [0.15, 0.2) is 56.1 Å². The van der Waals surface area contributed by atoms with Crippen molar-refractivity contribution in [1.29, 1.82) is 0 Å². The number of hydrogen-bond donors (Lipinski definition) is 0. The van der Waals surface area contributed by atoms with E-state index in [0.29, 0.717) is 31.3 Å². The summed E-state index contributed by atoms with van der Waals surface area (Å²) in [5.74, 6) is 0.997. The first-order valence-corrected chi connectivity index (χ1v) is 9.43. The second kappa shape index (κ2) is 6.89. The van der Waals surface area contributed by atoms with Crippen molar-refractivity contribution < 1.29 is 13.7 Å². The number of aromatic nitrogens is 2. The number of likely N-dealkylation sites (tertiary alicyclic amines) is 1. The third-order valence-electron chi connectivity index (χ3n) is 5.32. The average Bonchev–Trinajstić information content (AvgIpc) is 3.41. The Balaban J connectivity index is 1.32. The van der Waals surface area contributed by atoms with Crippen LogP contribution < -0.4 is 0 Å². The molecule has 29 heavy (non-hydrogen) atoms. The molecule has 3 heterocycles. The Labute approximate surface area is 165 Å². The summed E-state index contributed by atoms with van der Waals surface area (Å²) in [7, 11) is 0. The fraction of sp³-hybridized carbons (Fsp3) is 0.286. The number of carbonyl (C=O) groups is 1. The minimum Gasteiger partial charge on any atom is -0.460 e. The fourth-order valence-electron chi connectivity index (χ4n) is 3.73. The fourth-order valence-corrected chi connectivity index (χ4v) is 3.73. The summed E-state index contributed by atoms with van der Waals surface area (Å²) in [5, 5.41) is 7.55. The lowest BCUT2D eigenvalue weighted by atomic mass is 9.99. The van der Waals surface area contributed by atoms with Crippen molar-refractivity contribution in [2.75, 3.05) is 13.1 Å². The molecule has 0 atom stereocenters. The van der Waals surface area contributed by atoms with E-state index in [9.17, 15) is 9.70 Å². The van der Waals surface area contributed by atoms with Gasteiger partial charge in [0.1, 0.15) is 11.3 Å². The van der Waals surface area contributed by atoms with E-state index in [4.69, 9.17) is 8.94 Å². The van der Waals surface area contributed by atoms with Crippen LogP contribution in [0.25, 0.3) is 27.9 Å². The summed E-state index contributed by atoms with van der Waals surface area (Å²) in [4.78, 5) is 28.1. The van der Waals surface area contributed by atoms with Gasteiger partial charge < -0.3 is 8.94 Å². The Bertz CT molecular complexity index is 1180. The largest absolute Gasteiger partial charge is 0.460 e. The Morgan fingerprint density at radius 2 is 2.17 bits per heavy atom. The molecule has 1 saturated heterocycles. The summed E-state index contributed by atoms with van der Waals surface area (Å²) in [6.45, 7) is 3.71. The molecular formula is C21H18N4O4.